The maximum Gasteiger partial charge on any atom is 0.184 e. The summed E-state index contributed by atoms with van der Waals surface area (Å²) in [6.45, 7) is -0.121. The first kappa shape index (κ1) is 16.4. The van der Waals surface area contributed by atoms with Crippen molar-refractivity contribution < 1.29 is 23.9 Å². The molecule has 0 bridgehead atoms. The minimum Gasteiger partial charge on any atom is -0.486 e. The second kappa shape index (κ2) is 6.56. The summed E-state index contributed by atoms with van der Waals surface area (Å²) >= 11 is 0. The van der Waals surface area contributed by atoms with E-state index in [1.807, 2.05) is 0 Å². The highest BCUT2D eigenvalue weighted by molar-refractivity contribution is 6.38. The molecule has 1 unspecified atom stereocenters. The first-order valence-electron chi connectivity index (χ1n) is 7.34. The Balaban J connectivity index is 1.91. The zero-order chi connectivity index (χ0) is 18.0. The molecule has 124 valence electrons. The number of ether oxygens (including phenoxy) is 1. The number of Topliss-reactive ketones (excluding diaryl/α,β-unsaturated/α-hetero) is 3. The number of aldehydes is 1. The Morgan fingerprint density at radius 1 is 1.08 bits per heavy atom. The predicted molar refractivity (Wildman–Crippen MR) is 86.4 cm³/mol. The van der Waals surface area contributed by atoms with E-state index in [0.29, 0.717) is 12.0 Å². The van der Waals surface area contributed by atoms with Crippen LogP contribution in [0.5, 0.6) is 5.75 Å². The van der Waals surface area contributed by atoms with Gasteiger partial charge in [0.05, 0.1) is 5.56 Å². The molecule has 7 heteroatoms. The first-order chi connectivity index (χ1) is 12.1. The minimum absolute atomic E-state index is 0.0337. The van der Waals surface area contributed by atoms with Crippen molar-refractivity contribution in [3.05, 3.63) is 64.1 Å². The number of hydrogen-bond acceptors (Lipinski definition) is 7. The van der Waals surface area contributed by atoms with Crippen LogP contribution >= 0.6 is 0 Å². The summed E-state index contributed by atoms with van der Waals surface area (Å²) in [5.74, 6) is -3.16. The van der Waals surface area contributed by atoms with E-state index < -0.39 is 23.3 Å². The molecule has 0 saturated carbocycles. The topological polar surface area (TPSA) is 107 Å². The highest BCUT2D eigenvalue weighted by atomic mass is 16.5. The van der Waals surface area contributed by atoms with Gasteiger partial charge in [0.1, 0.15) is 24.0 Å². The summed E-state index contributed by atoms with van der Waals surface area (Å²) in [5.41, 5.74) is -0.0690. The van der Waals surface area contributed by atoms with Gasteiger partial charge in [-0.05, 0) is 35.5 Å². The number of fused-ring (bicyclic) bond motifs is 1. The summed E-state index contributed by atoms with van der Waals surface area (Å²) in [6.07, 6.45) is 0.588. The van der Waals surface area contributed by atoms with Gasteiger partial charge in [0, 0.05) is 11.1 Å². The highest BCUT2D eigenvalue weighted by Gasteiger charge is 2.45. The quantitative estimate of drug-likeness (QED) is 0.347. The van der Waals surface area contributed by atoms with Gasteiger partial charge in [0.2, 0.25) is 0 Å². The molecule has 0 spiro atoms. The molecule has 0 fully saturated rings. The van der Waals surface area contributed by atoms with E-state index >= 15 is 0 Å². The number of nitroso groups, excluding NO2 is 1. The van der Waals surface area contributed by atoms with Gasteiger partial charge in [-0.15, -0.1) is 4.91 Å². The number of ketones is 3. The second-order valence-electron chi connectivity index (χ2n) is 5.32. The number of hydrogen-bond donors (Lipinski definition) is 0. The Morgan fingerprint density at radius 2 is 1.80 bits per heavy atom. The van der Waals surface area contributed by atoms with Gasteiger partial charge in [0.15, 0.2) is 23.6 Å². The summed E-state index contributed by atoms with van der Waals surface area (Å²) in [7, 11) is 0. The molecule has 0 saturated heterocycles. The van der Waals surface area contributed by atoms with Crippen molar-refractivity contribution >= 4 is 29.3 Å². The first-order valence-corrected chi connectivity index (χ1v) is 7.34. The second-order valence-corrected chi connectivity index (χ2v) is 5.32. The van der Waals surface area contributed by atoms with Gasteiger partial charge < -0.3 is 4.74 Å². The third-order valence-corrected chi connectivity index (χ3v) is 3.90. The summed E-state index contributed by atoms with van der Waals surface area (Å²) in [4.78, 5) is 58.7. The zero-order valence-corrected chi connectivity index (χ0v) is 12.8. The van der Waals surface area contributed by atoms with Crippen molar-refractivity contribution in [1.29, 1.82) is 0 Å². The van der Waals surface area contributed by atoms with Crippen molar-refractivity contribution in [3.63, 3.8) is 0 Å². The third-order valence-electron chi connectivity index (χ3n) is 3.90. The van der Waals surface area contributed by atoms with Crippen LogP contribution in [0.2, 0.25) is 0 Å². The van der Waals surface area contributed by atoms with E-state index in [1.165, 1.54) is 42.5 Å². The molecule has 0 amide bonds. The van der Waals surface area contributed by atoms with Gasteiger partial charge in [-0.2, -0.15) is 0 Å². The molecule has 1 aliphatic carbocycles. The Morgan fingerprint density at radius 3 is 2.44 bits per heavy atom. The van der Waals surface area contributed by atoms with Crippen LogP contribution < -0.4 is 4.74 Å². The van der Waals surface area contributed by atoms with Crippen molar-refractivity contribution in [1.82, 2.24) is 0 Å². The van der Waals surface area contributed by atoms with E-state index in [9.17, 15) is 24.1 Å². The van der Waals surface area contributed by atoms with E-state index in [-0.39, 0.29) is 29.0 Å². The largest absolute Gasteiger partial charge is 0.486 e. The van der Waals surface area contributed by atoms with E-state index in [0.717, 1.165) is 0 Å². The van der Waals surface area contributed by atoms with E-state index in [4.69, 9.17) is 4.74 Å². The van der Waals surface area contributed by atoms with Crippen molar-refractivity contribution in [3.8, 4) is 5.75 Å². The molecule has 2 aromatic carbocycles. The molecular weight excluding hydrogens is 326 g/mol. The van der Waals surface area contributed by atoms with Crippen LogP contribution in [0.4, 0.5) is 5.69 Å². The fraction of sp³-hybridized carbons (Fsp3) is 0.111. The molecule has 0 aromatic heterocycles. The molecule has 0 N–H and O–H groups in total. The Kier molecular flexibility index (Phi) is 4.30. The number of carbonyl (C=O) groups is 4. The summed E-state index contributed by atoms with van der Waals surface area (Å²) in [6, 6.07) is 9.90. The number of benzene rings is 2. The van der Waals surface area contributed by atoms with Crippen LogP contribution in [0.1, 0.15) is 31.1 Å². The smallest absolute Gasteiger partial charge is 0.184 e. The molecule has 7 nitrogen and oxygen atoms in total. The predicted octanol–water partition coefficient (Wildman–Crippen LogP) is 2.54. The maximum absolute atomic E-state index is 12.6. The normalized spacial score (nSPS) is 15.6. The molecule has 0 radical (unpaired) electrons. The third kappa shape index (κ3) is 2.76. The summed E-state index contributed by atoms with van der Waals surface area (Å²) in [5, 5.41) is 2.75. The van der Waals surface area contributed by atoms with Gasteiger partial charge in [-0.1, -0.05) is 12.1 Å². The molecule has 0 heterocycles. The lowest BCUT2D eigenvalue weighted by atomic mass is 9.93. The van der Waals surface area contributed by atoms with Crippen LogP contribution in [0.3, 0.4) is 0 Å². The Labute approximate surface area is 141 Å². The van der Waals surface area contributed by atoms with Gasteiger partial charge in [0.25, 0.3) is 0 Å². The molecule has 3 rings (SSSR count). The van der Waals surface area contributed by atoms with Crippen LogP contribution in [-0.2, 0) is 4.79 Å². The van der Waals surface area contributed by atoms with Crippen molar-refractivity contribution in [2.45, 2.75) is 0 Å². The zero-order valence-electron chi connectivity index (χ0n) is 12.8. The molecule has 0 aliphatic heterocycles. The Bertz CT molecular complexity index is 900. The van der Waals surface area contributed by atoms with Crippen LogP contribution in [0.15, 0.2) is 47.6 Å². The summed E-state index contributed by atoms with van der Waals surface area (Å²) < 4.78 is 5.08. The standard InChI is InChI=1S/C18H11NO6/c20-8-9-25-11-6-4-10(5-7-11)16(21)15-17(22)12-2-1-3-13(19-24)14(12)18(15)23/h1-8,15H,9H2. The fourth-order valence-electron chi connectivity index (χ4n) is 2.75. The SMILES string of the molecule is O=CCOc1ccc(C(=O)C2C(=O)c3cccc(N=O)c3C2=O)cc1. The lowest BCUT2D eigenvalue weighted by molar-refractivity contribution is -0.109. The number of rotatable bonds is 6. The van der Waals surface area contributed by atoms with Gasteiger partial charge in [-0.25, -0.2) is 0 Å². The van der Waals surface area contributed by atoms with Gasteiger partial charge in [-0.3, -0.25) is 19.2 Å². The van der Waals surface area contributed by atoms with Crippen molar-refractivity contribution in [2.75, 3.05) is 6.61 Å². The van der Waals surface area contributed by atoms with E-state index in [2.05, 4.69) is 5.18 Å². The monoisotopic (exact) mass is 337 g/mol. The lowest BCUT2D eigenvalue weighted by Crippen LogP contribution is -2.25. The minimum atomic E-state index is -1.51. The number of nitrogens with zero attached hydrogens (tertiary/aromatic N) is 1. The average molecular weight is 337 g/mol. The van der Waals surface area contributed by atoms with E-state index in [1.54, 1.807) is 0 Å². The Hall–Kier alpha value is -3.48. The average Bonchev–Trinajstić information content (AvgIpc) is 2.90. The van der Waals surface area contributed by atoms with Crippen LogP contribution in [0.25, 0.3) is 0 Å². The molecule has 25 heavy (non-hydrogen) atoms. The molecule has 1 aliphatic rings. The van der Waals surface area contributed by atoms with Crippen LogP contribution in [0, 0.1) is 10.8 Å². The van der Waals surface area contributed by atoms with Gasteiger partial charge >= 0.3 is 0 Å². The van der Waals surface area contributed by atoms with Crippen LogP contribution in [-0.4, -0.2) is 30.2 Å². The van der Waals surface area contributed by atoms with Crippen molar-refractivity contribution in [2.24, 2.45) is 11.1 Å². The number of carbonyl (C=O) groups excluding carboxylic acids is 4. The molecule has 1 atom stereocenters. The maximum atomic E-state index is 12.6. The highest BCUT2D eigenvalue weighted by Crippen LogP contribution is 2.35. The fourth-order valence-corrected chi connectivity index (χ4v) is 2.75. The lowest BCUT2D eigenvalue weighted by Gasteiger charge is -2.07. The molecular formula is C18H11NO6. The molecule has 2 aromatic rings.